The monoisotopic (exact) mass is 1050 g/mol. The van der Waals surface area contributed by atoms with Crippen LogP contribution in [0.1, 0.15) is 0 Å². The number of para-hydroxylation sites is 2. The number of anilines is 4. The van der Waals surface area contributed by atoms with Gasteiger partial charge < -0.3 is 48.9 Å². The molecule has 2 saturated heterocycles. The van der Waals surface area contributed by atoms with Gasteiger partial charge in [-0.3, -0.25) is 30.0 Å². The molecule has 2 fully saturated rings. The number of β-amino-alcohol motifs (C(OH)–C–C–N with tert-alkyl or cyclic N) is 1. The molecule has 0 bridgehead atoms. The number of hydrogen-bond donors (Lipinski definition) is 3. The lowest BCUT2D eigenvalue weighted by molar-refractivity contribution is -0.387. The van der Waals surface area contributed by atoms with Crippen molar-refractivity contribution >= 4 is 56.5 Å². The Morgan fingerprint density at radius 2 is 1.06 bits per heavy atom. The lowest BCUT2D eigenvalue weighted by Gasteiger charge is -2.32. The van der Waals surface area contributed by atoms with E-state index in [0.717, 1.165) is 110 Å². The zero-order valence-corrected chi connectivity index (χ0v) is 43.9. The standard InChI is InChI=1S/C27H31N7O4.C20H16FN5O3.C7H16N2O/c1-31-10-12-33(13-11-31)14-15-38-26-17-25(37-3)22(16-24(26)34(35)36)30-27-28-9-8-21(29-27)20-18-32(2)23-7-5-4-6-19(20)23;1-25-11-13(12-5-3-4-6-17(12)25)15-7-8-22-20(23-15)24-16-10-18(26(27)28)14(21)9-19(16)29-2;1-8-2-4-9(5-3-8)6-7-10/h4-9,16-18H,10-15H2,1-3H3,(H,28,29,30);3-11H,1-2H3,(H,22,23,24);10H,2-7H2,1H3. The first kappa shape index (κ1) is 54.9. The van der Waals surface area contributed by atoms with Crippen molar-refractivity contribution in [2.45, 2.75) is 0 Å². The third kappa shape index (κ3) is 13.6. The summed E-state index contributed by atoms with van der Waals surface area (Å²) in [7, 11) is 11.0. The molecule has 0 atom stereocenters. The van der Waals surface area contributed by atoms with E-state index >= 15 is 0 Å². The number of nitro groups is 2. The number of likely N-dealkylation sites (N-methyl/N-ethyl adjacent to an activating group) is 2. The molecule has 404 valence electrons. The van der Waals surface area contributed by atoms with Gasteiger partial charge in [-0.1, -0.05) is 36.4 Å². The van der Waals surface area contributed by atoms with Crippen molar-refractivity contribution in [1.29, 1.82) is 0 Å². The average Bonchev–Trinajstić information content (AvgIpc) is 3.99. The number of aromatic nitrogens is 6. The summed E-state index contributed by atoms with van der Waals surface area (Å²) in [5, 5.41) is 39.7. The number of nitro benzene ring substituents is 2. The van der Waals surface area contributed by atoms with E-state index in [1.54, 1.807) is 24.5 Å². The van der Waals surface area contributed by atoms with Crippen molar-refractivity contribution in [2.75, 3.05) is 118 Å². The van der Waals surface area contributed by atoms with Crippen molar-refractivity contribution < 1.29 is 33.6 Å². The van der Waals surface area contributed by atoms with Gasteiger partial charge in [0.2, 0.25) is 23.5 Å². The van der Waals surface area contributed by atoms with Crippen molar-refractivity contribution in [3.8, 4) is 39.8 Å². The zero-order chi connectivity index (χ0) is 54.6. The molecular weight excluding hydrogens is 992 g/mol. The van der Waals surface area contributed by atoms with Crippen LogP contribution in [-0.4, -0.2) is 171 Å². The lowest BCUT2D eigenvalue weighted by Crippen LogP contribution is -2.45. The highest BCUT2D eigenvalue weighted by atomic mass is 19.1. The van der Waals surface area contributed by atoms with Crippen LogP contribution in [0.5, 0.6) is 17.2 Å². The van der Waals surface area contributed by atoms with E-state index in [9.17, 15) is 24.6 Å². The summed E-state index contributed by atoms with van der Waals surface area (Å²) in [6.07, 6.45) is 7.23. The van der Waals surface area contributed by atoms with E-state index in [0.29, 0.717) is 42.8 Å². The number of benzene rings is 4. The molecule has 23 heteroatoms. The number of rotatable bonds is 16. The second kappa shape index (κ2) is 25.5. The SMILES string of the molecule is CN1CCN(CCO)CC1.COc1cc(F)c([N+](=O)[O-])cc1Nc1nccc(-c2cn(C)c3ccccc23)n1.COc1cc(OCCN2CCN(C)CC2)c([N+](=O)[O-])cc1Nc1nccc(-c2cn(C)c3ccccc23)n1. The van der Waals surface area contributed by atoms with Gasteiger partial charge in [0.05, 0.1) is 53.4 Å². The molecule has 8 aromatic rings. The summed E-state index contributed by atoms with van der Waals surface area (Å²) in [4.78, 5) is 48.6. The molecule has 0 unspecified atom stereocenters. The van der Waals surface area contributed by atoms with Gasteiger partial charge in [-0.25, -0.2) is 19.9 Å². The van der Waals surface area contributed by atoms with Crippen molar-refractivity contribution in [3.63, 3.8) is 0 Å². The van der Waals surface area contributed by atoms with E-state index < -0.39 is 21.4 Å². The largest absolute Gasteiger partial charge is 0.494 e. The Kier molecular flexibility index (Phi) is 18.1. The maximum atomic E-state index is 13.9. The molecule has 0 radical (unpaired) electrons. The molecule has 4 aromatic heterocycles. The number of nitrogens with one attached hydrogen (secondary N) is 2. The van der Waals surface area contributed by atoms with Crippen molar-refractivity contribution in [1.82, 2.24) is 48.7 Å². The molecule has 0 spiro atoms. The van der Waals surface area contributed by atoms with Gasteiger partial charge in [0.15, 0.2) is 0 Å². The number of aliphatic hydroxyl groups excluding tert-OH is 1. The number of aryl methyl sites for hydroxylation is 2. The minimum atomic E-state index is -0.983. The fraction of sp³-hybridized carbons (Fsp3) is 0.333. The van der Waals surface area contributed by atoms with E-state index in [1.165, 1.54) is 20.3 Å². The van der Waals surface area contributed by atoms with Crippen LogP contribution in [0.25, 0.3) is 44.3 Å². The van der Waals surface area contributed by atoms with Gasteiger partial charge in [0, 0.05) is 162 Å². The van der Waals surface area contributed by atoms with Crippen LogP contribution >= 0.6 is 0 Å². The number of hydrogen-bond acceptors (Lipinski definition) is 18. The van der Waals surface area contributed by atoms with Gasteiger partial charge in [-0.2, -0.15) is 4.39 Å². The van der Waals surface area contributed by atoms with Crippen molar-refractivity contribution in [3.05, 3.63) is 136 Å². The highest BCUT2D eigenvalue weighted by Crippen LogP contribution is 2.40. The fourth-order valence-electron chi connectivity index (χ4n) is 9.06. The normalized spacial score (nSPS) is 14.3. The summed E-state index contributed by atoms with van der Waals surface area (Å²) in [6.45, 7) is 10.6. The Balaban J connectivity index is 0.000000177. The molecule has 0 saturated carbocycles. The first-order chi connectivity index (χ1) is 37.2. The fourth-order valence-corrected chi connectivity index (χ4v) is 9.06. The molecule has 77 heavy (non-hydrogen) atoms. The maximum Gasteiger partial charge on any atom is 0.313 e. The second-order valence-corrected chi connectivity index (χ2v) is 18.5. The molecule has 22 nitrogen and oxygen atoms in total. The number of nitrogens with zero attached hydrogens (tertiary/aromatic N) is 12. The number of aliphatic hydroxyl groups is 1. The molecule has 3 N–H and O–H groups in total. The van der Waals surface area contributed by atoms with Crippen LogP contribution in [0.4, 0.5) is 39.0 Å². The van der Waals surface area contributed by atoms with Crippen LogP contribution < -0.4 is 24.8 Å². The van der Waals surface area contributed by atoms with Crippen LogP contribution in [0.3, 0.4) is 0 Å². The summed E-state index contributed by atoms with van der Waals surface area (Å²) in [5.41, 5.74) is 5.20. The first-order valence-corrected chi connectivity index (χ1v) is 25.0. The van der Waals surface area contributed by atoms with Crippen molar-refractivity contribution in [2.24, 2.45) is 14.1 Å². The Hall–Kier alpha value is -8.35. The first-order valence-electron chi connectivity index (χ1n) is 25.0. The third-order valence-corrected chi connectivity index (χ3v) is 13.4. The Morgan fingerprint density at radius 1 is 0.610 bits per heavy atom. The number of fused-ring (bicyclic) bond motifs is 2. The average molecular weight is 1060 g/mol. The predicted molar refractivity (Wildman–Crippen MR) is 294 cm³/mol. The predicted octanol–water partition coefficient (Wildman–Crippen LogP) is 7.58. The third-order valence-electron chi connectivity index (χ3n) is 13.4. The number of ether oxygens (including phenoxy) is 3. The molecule has 0 amide bonds. The molecule has 4 aromatic carbocycles. The summed E-state index contributed by atoms with van der Waals surface area (Å²) in [6, 6.07) is 24.6. The van der Waals surface area contributed by atoms with E-state index in [-0.39, 0.29) is 28.8 Å². The molecule has 2 aliphatic rings. The summed E-state index contributed by atoms with van der Waals surface area (Å²) < 4.78 is 34.4. The number of piperazine rings is 2. The molecule has 2 aliphatic heterocycles. The van der Waals surface area contributed by atoms with Crippen LogP contribution in [-0.2, 0) is 14.1 Å². The highest BCUT2D eigenvalue weighted by molar-refractivity contribution is 5.96. The Morgan fingerprint density at radius 3 is 1.53 bits per heavy atom. The van der Waals surface area contributed by atoms with E-state index in [2.05, 4.69) is 81.0 Å². The van der Waals surface area contributed by atoms with E-state index in [4.69, 9.17) is 19.3 Å². The topological polar surface area (TPSA) is 233 Å². The second-order valence-electron chi connectivity index (χ2n) is 18.5. The summed E-state index contributed by atoms with van der Waals surface area (Å²) in [5.74, 6) is 0.179. The minimum Gasteiger partial charge on any atom is -0.494 e. The van der Waals surface area contributed by atoms with Crippen LogP contribution in [0, 0.1) is 26.0 Å². The maximum absolute atomic E-state index is 13.9. The van der Waals surface area contributed by atoms with Gasteiger partial charge in [-0.15, -0.1) is 0 Å². The smallest absolute Gasteiger partial charge is 0.313 e. The summed E-state index contributed by atoms with van der Waals surface area (Å²) >= 11 is 0. The van der Waals surface area contributed by atoms with E-state index in [1.807, 2.05) is 73.5 Å². The lowest BCUT2D eigenvalue weighted by atomic mass is 10.1. The Labute approximate surface area is 444 Å². The molecule has 6 heterocycles. The zero-order valence-electron chi connectivity index (χ0n) is 43.9. The van der Waals surface area contributed by atoms with Crippen LogP contribution in [0.15, 0.2) is 110 Å². The Bertz CT molecular complexity index is 3320. The van der Waals surface area contributed by atoms with Gasteiger partial charge >= 0.3 is 11.4 Å². The quantitative estimate of drug-likeness (QED) is 0.0625. The van der Waals surface area contributed by atoms with Gasteiger partial charge in [-0.05, 0) is 38.4 Å². The number of methoxy groups -OCH3 is 2. The highest BCUT2D eigenvalue weighted by Gasteiger charge is 2.24. The van der Waals surface area contributed by atoms with Gasteiger partial charge in [0.1, 0.15) is 18.1 Å². The minimum absolute atomic E-state index is 0.104. The van der Waals surface area contributed by atoms with Gasteiger partial charge in [0.25, 0.3) is 0 Å². The molecular formula is C54H63FN14O8. The molecule has 10 rings (SSSR count). The number of halogens is 1. The van der Waals surface area contributed by atoms with Crippen LogP contribution in [0.2, 0.25) is 0 Å². The molecule has 0 aliphatic carbocycles.